The first-order chi connectivity index (χ1) is 11.2. The minimum atomic E-state index is 0.176. The van der Waals surface area contributed by atoms with Gasteiger partial charge in [0.05, 0.1) is 23.3 Å². The molecule has 2 aromatic rings. The molecule has 3 heterocycles. The molecule has 23 heavy (non-hydrogen) atoms. The highest BCUT2D eigenvalue weighted by molar-refractivity contribution is 5.89. The lowest BCUT2D eigenvalue weighted by molar-refractivity contribution is -0.129. The molecule has 1 atom stereocenters. The van der Waals surface area contributed by atoms with Crippen molar-refractivity contribution >= 4 is 22.5 Å². The Balaban J connectivity index is 1.49. The van der Waals surface area contributed by atoms with Crippen molar-refractivity contribution in [2.45, 2.75) is 19.3 Å². The van der Waals surface area contributed by atoms with Crippen LogP contribution in [-0.4, -0.2) is 42.0 Å². The number of hydrogen-bond donors (Lipinski definition) is 2. The molecule has 1 spiro atoms. The average Bonchev–Trinajstić information content (AvgIpc) is 3.19. The number of carbonyl (C=O) groups excluding carboxylic acids is 1. The molecule has 1 unspecified atom stereocenters. The number of carbonyl (C=O) groups is 1. The van der Waals surface area contributed by atoms with Gasteiger partial charge in [0.1, 0.15) is 0 Å². The van der Waals surface area contributed by atoms with Gasteiger partial charge in [-0.05, 0) is 31.5 Å². The molecular weight excluding hydrogens is 288 g/mol. The zero-order chi connectivity index (χ0) is 15.9. The normalized spacial score (nSPS) is 23.9. The van der Waals surface area contributed by atoms with Crippen LogP contribution in [0.4, 0.5) is 5.69 Å². The van der Waals surface area contributed by atoms with E-state index in [1.165, 1.54) is 6.42 Å². The number of aromatic nitrogens is 1. The van der Waals surface area contributed by atoms with Gasteiger partial charge in [0.2, 0.25) is 5.91 Å². The smallest absolute Gasteiger partial charge is 0.228 e. The van der Waals surface area contributed by atoms with Gasteiger partial charge in [0.25, 0.3) is 0 Å². The largest absolute Gasteiger partial charge is 0.397 e. The number of nitrogens with zero attached hydrogens (tertiary/aromatic N) is 2. The van der Waals surface area contributed by atoms with Gasteiger partial charge < -0.3 is 16.0 Å². The van der Waals surface area contributed by atoms with Crippen LogP contribution in [0.25, 0.3) is 10.9 Å². The maximum atomic E-state index is 12.6. The number of pyridine rings is 1. The summed E-state index contributed by atoms with van der Waals surface area (Å²) in [4.78, 5) is 19.2. The van der Waals surface area contributed by atoms with Crippen molar-refractivity contribution in [1.29, 1.82) is 0 Å². The van der Waals surface area contributed by atoms with Gasteiger partial charge in [0.15, 0.2) is 0 Å². The third-order valence-electron chi connectivity index (χ3n) is 5.26. The lowest BCUT2D eigenvalue weighted by atomic mass is 9.86. The number of nitrogens with one attached hydrogen (secondary N) is 1. The highest BCUT2D eigenvalue weighted by Gasteiger charge is 2.41. The van der Waals surface area contributed by atoms with Gasteiger partial charge in [-0.3, -0.25) is 9.78 Å². The molecule has 2 aliphatic heterocycles. The molecule has 1 aromatic heterocycles. The minimum absolute atomic E-state index is 0.176. The SMILES string of the molecule is Nc1cccc2ccc(CC(=O)N3CCC4(CCNC4)C3)nc12. The first-order valence-corrected chi connectivity index (χ1v) is 8.28. The first kappa shape index (κ1) is 14.5. The van der Waals surface area contributed by atoms with Crippen LogP contribution in [0.2, 0.25) is 0 Å². The molecule has 4 rings (SSSR count). The quantitative estimate of drug-likeness (QED) is 0.826. The van der Waals surface area contributed by atoms with Crippen LogP contribution in [0.1, 0.15) is 18.5 Å². The summed E-state index contributed by atoms with van der Waals surface area (Å²) in [5.74, 6) is 0.176. The molecule has 3 N–H and O–H groups in total. The third-order valence-corrected chi connectivity index (χ3v) is 5.26. The highest BCUT2D eigenvalue weighted by atomic mass is 16.2. The van der Waals surface area contributed by atoms with Gasteiger partial charge in [-0.2, -0.15) is 0 Å². The fourth-order valence-corrected chi connectivity index (χ4v) is 3.87. The van der Waals surface area contributed by atoms with Gasteiger partial charge in [0, 0.05) is 30.4 Å². The molecule has 5 heteroatoms. The lowest BCUT2D eigenvalue weighted by Crippen LogP contribution is -2.34. The standard InChI is InChI=1S/C18H22N4O/c19-15-3-1-2-13-4-5-14(21-17(13)15)10-16(23)22-9-7-18(12-22)6-8-20-11-18/h1-5,20H,6-12,19H2. The van der Waals surface area contributed by atoms with Gasteiger partial charge in [-0.25, -0.2) is 0 Å². The number of hydrogen-bond acceptors (Lipinski definition) is 4. The summed E-state index contributed by atoms with van der Waals surface area (Å²) in [6, 6.07) is 9.68. The molecular formula is C18H22N4O. The molecule has 120 valence electrons. The number of fused-ring (bicyclic) bond motifs is 1. The van der Waals surface area contributed by atoms with Crippen LogP contribution in [0.15, 0.2) is 30.3 Å². The van der Waals surface area contributed by atoms with E-state index < -0.39 is 0 Å². The van der Waals surface area contributed by atoms with Crippen molar-refractivity contribution in [2.75, 3.05) is 31.9 Å². The molecule has 5 nitrogen and oxygen atoms in total. The zero-order valence-electron chi connectivity index (χ0n) is 13.2. The Morgan fingerprint density at radius 3 is 3.04 bits per heavy atom. The van der Waals surface area contributed by atoms with Crippen molar-refractivity contribution in [2.24, 2.45) is 5.41 Å². The average molecular weight is 310 g/mol. The van der Waals surface area contributed by atoms with Crippen LogP contribution < -0.4 is 11.1 Å². The predicted molar refractivity (Wildman–Crippen MR) is 91.0 cm³/mol. The van der Waals surface area contributed by atoms with Crippen molar-refractivity contribution in [3.8, 4) is 0 Å². The molecule has 2 aliphatic rings. The summed E-state index contributed by atoms with van der Waals surface area (Å²) < 4.78 is 0. The summed E-state index contributed by atoms with van der Waals surface area (Å²) >= 11 is 0. The second-order valence-corrected chi connectivity index (χ2v) is 6.89. The molecule has 1 amide bonds. The summed E-state index contributed by atoms with van der Waals surface area (Å²) in [7, 11) is 0. The molecule has 0 bridgehead atoms. The predicted octanol–water partition coefficient (Wildman–Crippen LogP) is 1.57. The van der Waals surface area contributed by atoms with E-state index in [-0.39, 0.29) is 5.91 Å². The van der Waals surface area contributed by atoms with Crippen molar-refractivity contribution < 1.29 is 4.79 Å². The molecule has 0 saturated carbocycles. The minimum Gasteiger partial charge on any atom is -0.397 e. The van der Waals surface area contributed by atoms with Crippen molar-refractivity contribution in [3.63, 3.8) is 0 Å². The molecule has 0 aliphatic carbocycles. The summed E-state index contributed by atoms with van der Waals surface area (Å²) in [5, 5.41) is 4.44. The Morgan fingerprint density at radius 1 is 1.30 bits per heavy atom. The number of benzene rings is 1. The Morgan fingerprint density at radius 2 is 2.22 bits per heavy atom. The van der Waals surface area contributed by atoms with E-state index in [0.717, 1.165) is 49.2 Å². The van der Waals surface area contributed by atoms with E-state index in [1.54, 1.807) is 0 Å². The maximum Gasteiger partial charge on any atom is 0.228 e. The Kier molecular flexibility index (Phi) is 3.45. The van der Waals surface area contributed by atoms with E-state index in [9.17, 15) is 4.79 Å². The summed E-state index contributed by atoms with van der Waals surface area (Å²) in [6.45, 7) is 3.87. The van der Waals surface area contributed by atoms with Crippen LogP contribution in [0.5, 0.6) is 0 Å². The number of rotatable bonds is 2. The Hall–Kier alpha value is -2.14. The van der Waals surface area contributed by atoms with E-state index in [2.05, 4.69) is 10.3 Å². The molecule has 0 radical (unpaired) electrons. The van der Waals surface area contributed by atoms with Crippen molar-refractivity contribution in [1.82, 2.24) is 15.2 Å². The number of amides is 1. The number of nitrogen functional groups attached to an aromatic ring is 1. The van der Waals surface area contributed by atoms with E-state index in [1.807, 2.05) is 35.2 Å². The van der Waals surface area contributed by atoms with Crippen LogP contribution in [0, 0.1) is 5.41 Å². The monoisotopic (exact) mass is 310 g/mol. The first-order valence-electron chi connectivity index (χ1n) is 8.28. The number of nitrogens with two attached hydrogens (primary N) is 1. The second-order valence-electron chi connectivity index (χ2n) is 6.89. The van der Waals surface area contributed by atoms with Crippen LogP contribution in [0.3, 0.4) is 0 Å². The maximum absolute atomic E-state index is 12.6. The fraction of sp³-hybridized carbons (Fsp3) is 0.444. The lowest BCUT2D eigenvalue weighted by Gasteiger charge is -2.22. The highest BCUT2D eigenvalue weighted by Crippen LogP contribution is 2.36. The number of para-hydroxylation sites is 1. The Labute approximate surface area is 135 Å². The van der Waals surface area contributed by atoms with Crippen molar-refractivity contribution in [3.05, 3.63) is 36.0 Å². The number of anilines is 1. The molecule has 1 aromatic carbocycles. The fourth-order valence-electron chi connectivity index (χ4n) is 3.87. The van der Waals surface area contributed by atoms with Gasteiger partial charge in [-0.1, -0.05) is 18.2 Å². The number of likely N-dealkylation sites (tertiary alicyclic amines) is 1. The summed E-state index contributed by atoms with van der Waals surface area (Å²) in [5.41, 5.74) is 8.55. The van der Waals surface area contributed by atoms with Gasteiger partial charge >= 0.3 is 0 Å². The zero-order valence-corrected chi connectivity index (χ0v) is 13.2. The molecule has 2 saturated heterocycles. The van der Waals surface area contributed by atoms with E-state index >= 15 is 0 Å². The third kappa shape index (κ3) is 2.65. The van der Waals surface area contributed by atoms with Crippen LogP contribution >= 0.6 is 0 Å². The van der Waals surface area contributed by atoms with E-state index in [4.69, 9.17) is 5.73 Å². The topological polar surface area (TPSA) is 71.2 Å². The van der Waals surface area contributed by atoms with Gasteiger partial charge in [-0.15, -0.1) is 0 Å². The summed E-state index contributed by atoms with van der Waals surface area (Å²) in [6.07, 6.45) is 2.65. The van der Waals surface area contributed by atoms with Crippen LogP contribution in [-0.2, 0) is 11.2 Å². The Bertz CT molecular complexity index is 752. The molecule has 2 fully saturated rings. The van der Waals surface area contributed by atoms with E-state index in [0.29, 0.717) is 17.5 Å². The second kappa shape index (κ2) is 5.49.